The summed E-state index contributed by atoms with van der Waals surface area (Å²) in [6.45, 7) is 0.723. The molecule has 1 aliphatic rings. The van der Waals surface area contributed by atoms with Gasteiger partial charge < -0.3 is 28.8 Å². The zero-order chi connectivity index (χ0) is 16.9. The first-order valence-electron chi connectivity index (χ1n) is 8.18. The topological polar surface area (TPSA) is 81.3 Å². The molecule has 1 aromatic carbocycles. The highest BCUT2D eigenvalue weighted by Gasteiger charge is 2.12. The van der Waals surface area contributed by atoms with Gasteiger partial charge in [-0.2, -0.15) is 0 Å². The Morgan fingerprint density at radius 1 is 1.20 bits per heavy atom. The van der Waals surface area contributed by atoms with Crippen LogP contribution in [0.25, 0.3) is 0 Å². The van der Waals surface area contributed by atoms with Gasteiger partial charge in [0.15, 0.2) is 0 Å². The van der Waals surface area contributed by atoms with E-state index in [1.165, 1.54) is 36.0 Å². The van der Waals surface area contributed by atoms with Crippen LogP contribution in [0.15, 0.2) is 30.3 Å². The fraction of sp³-hybridized carbons (Fsp3) is 0.333. The Kier molecular flexibility index (Phi) is 6.91. The molecule has 3 rings (SSSR count). The lowest BCUT2D eigenvalue weighted by molar-refractivity contribution is -0.342. The maximum atomic E-state index is 11.6. The maximum absolute atomic E-state index is 11.6. The van der Waals surface area contributed by atoms with Crippen molar-refractivity contribution in [3.05, 3.63) is 47.0 Å². The number of pyridine rings is 1. The highest BCUT2D eigenvalue weighted by atomic mass is 35.5. The largest absolute Gasteiger partial charge is 1.00 e. The van der Waals surface area contributed by atoms with Crippen molar-refractivity contribution < 1.29 is 22.2 Å². The van der Waals surface area contributed by atoms with Gasteiger partial charge in [0.1, 0.15) is 5.69 Å². The van der Waals surface area contributed by atoms with Gasteiger partial charge in [0.2, 0.25) is 17.5 Å². The molecule has 134 valence electrons. The summed E-state index contributed by atoms with van der Waals surface area (Å²) in [7, 11) is 0. The number of carbonyl (C=O) groups excluding carboxylic acids is 1. The van der Waals surface area contributed by atoms with E-state index in [1.54, 1.807) is 6.07 Å². The van der Waals surface area contributed by atoms with E-state index >= 15 is 0 Å². The molecule has 0 bridgehead atoms. The molecule has 5 N–H and O–H groups in total. The third kappa shape index (κ3) is 5.00. The molecule has 0 unspecified atom stereocenters. The Labute approximate surface area is 158 Å². The van der Waals surface area contributed by atoms with Crippen LogP contribution in [0.2, 0.25) is 0 Å². The van der Waals surface area contributed by atoms with Crippen molar-refractivity contribution in [2.45, 2.75) is 32.2 Å². The van der Waals surface area contributed by atoms with Crippen molar-refractivity contribution in [3.8, 4) is 0 Å². The van der Waals surface area contributed by atoms with Gasteiger partial charge >= 0.3 is 0 Å². The Morgan fingerprint density at radius 3 is 2.76 bits per heavy atom. The quantitative estimate of drug-likeness (QED) is 0.604. The summed E-state index contributed by atoms with van der Waals surface area (Å²) >= 11 is 5.55. The normalized spacial score (nSPS) is 12.2. The molecule has 0 saturated carbocycles. The highest BCUT2D eigenvalue weighted by Crippen LogP contribution is 2.23. The first-order chi connectivity index (χ1) is 11.7. The molecule has 1 aliphatic carbocycles. The minimum Gasteiger partial charge on any atom is -1.00 e. The SMILES string of the molecule is Nc1[nH+]c(NCc2ccc3c(c2)CCC3)ccc1NC(=O)CCCl.[Cl-]. The summed E-state index contributed by atoms with van der Waals surface area (Å²) in [5.41, 5.74) is 10.7. The van der Waals surface area contributed by atoms with Gasteiger partial charge in [0.25, 0.3) is 0 Å². The van der Waals surface area contributed by atoms with Gasteiger partial charge in [0, 0.05) is 18.4 Å². The minimum atomic E-state index is -0.149. The standard InChI is InChI=1S/C18H21ClN4O.ClH/c19-9-8-17(24)22-15-6-7-16(23-18(15)20)21-11-12-4-5-13-2-1-3-14(13)10-12;/h4-7,10H,1-3,8-9,11H2,(H,22,24)(H3,20,21,23);1H. The van der Waals surface area contributed by atoms with Gasteiger partial charge in [0.05, 0.1) is 6.54 Å². The number of alkyl halides is 1. The number of anilines is 3. The number of carbonyl (C=O) groups is 1. The molecule has 7 heteroatoms. The van der Waals surface area contributed by atoms with Gasteiger partial charge in [-0.1, -0.05) is 18.2 Å². The van der Waals surface area contributed by atoms with Gasteiger partial charge in [-0.05, 0) is 42.0 Å². The van der Waals surface area contributed by atoms with E-state index in [1.807, 2.05) is 6.07 Å². The smallest absolute Gasteiger partial charge is 0.241 e. The Balaban J connectivity index is 0.00000225. The van der Waals surface area contributed by atoms with Crippen LogP contribution >= 0.6 is 11.6 Å². The first-order valence-corrected chi connectivity index (χ1v) is 8.71. The fourth-order valence-electron chi connectivity index (χ4n) is 2.95. The van der Waals surface area contributed by atoms with Crippen molar-refractivity contribution >= 4 is 34.8 Å². The number of aromatic amines is 1. The molecule has 2 aromatic rings. The molecule has 0 aliphatic heterocycles. The average molecular weight is 381 g/mol. The lowest BCUT2D eigenvalue weighted by Gasteiger charge is -2.08. The second kappa shape index (κ2) is 8.92. The lowest BCUT2D eigenvalue weighted by Crippen LogP contribution is -3.00. The van der Waals surface area contributed by atoms with Crippen LogP contribution in [0.3, 0.4) is 0 Å². The van der Waals surface area contributed by atoms with Crippen LogP contribution < -0.4 is 33.8 Å². The third-order valence-corrected chi connectivity index (χ3v) is 4.41. The van der Waals surface area contributed by atoms with Crippen molar-refractivity contribution in [2.75, 3.05) is 22.2 Å². The predicted molar refractivity (Wildman–Crippen MR) is 97.2 cm³/mol. The number of halogens is 2. The maximum Gasteiger partial charge on any atom is 0.241 e. The molecule has 25 heavy (non-hydrogen) atoms. The van der Waals surface area contributed by atoms with Crippen molar-refractivity contribution in [2.24, 2.45) is 0 Å². The number of hydrogen-bond acceptors (Lipinski definition) is 3. The third-order valence-electron chi connectivity index (χ3n) is 4.22. The molecular formula is C18H22Cl2N4O. The second-order valence-corrected chi connectivity index (χ2v) is 6.37. The number of amides is 1. The summed E-state index contributed by atoms with van der Waals surface area (Å²) < 4.78 is 0. The molecule has 0 atom stereocenters. The molecule has 1 amide bonds. The predicted octanol–water partition coefficient (Wildman–Crippen LogP) is -0.245. The number of benzene rings is 1. The van der Waals surface area contributed by atoms with Crippen molar-refractivity contribution in [1.82, 2.24) is 0 Å². The van der Waals surface area contributed by atoms with Gasteiger partial charge in [-0.3, -0.25) is 4.79 Å². The van der Waals surface area contributed by atoms with Crippen LogP contribution in [0.5, 0.6) is 0 Å². The molecule has 1 aromatic heterocycles. The molecule has 0 fully saturated rings. The van der Waals surface area contributed by atoms with Gasteiger partial charge in [-0.25, -0.2) is 4.98 Å². The Hall–Kier alpha value is -1.98. The van der Waals surface area contributed by atoms with Crippen LogP contribution in [0, 0.1) is 0 Å². The van der Waals surface area contributed by atoms with Crippen LogP contribution in [-0.4, -0.2) is 11.8 Å². The zero-order valence-corrected chi connectivity index (χ0v) is 15.4. The second-order valence-electron chi connectivity index (χ2n) is 6.00. The molecule has 0 spiro atoms. The van der Waals surface area contributed by atoms with E-state index in [0.29, 0.717) is 11.5 Å². The number of nitrogens with one attached hydrogen (secondary N) is 3. The number of rotatable bonds is 6. The molecule has 5 nitrogen and oxygen atoms in total. The summed E-state index contributed by atoms with van der Waals surface area (Å²) in [6.07, 6.45) is 3.90. The zero-order valence-electron chi connectivity index (χ0n) is 13.9. The number of H-pyrrole nitrogens is 1. The summed E-state index contributed by atoms with van der Waals surface area (Å²) in [5.74, 6) is 1.36. The molecule has 0 saturated heterocycles. The summed E-state index contributed by atoms with van der Waals surface area (Å²) in [4.78, 5) is 14.6. The molecular weight excluding hydrogens is 359 g/mol. The Morgan fingerprint density at radius 2 is 2.00 bits per heavy atom. The van der Waals surface area contributed by atoms with Crippen molar-refractivity contribution in [1.29, 1.82) is 0 Å². The van der Waals surface area contributed by atoms with Crippen molar-refractivity contribution in [3.63, 3.8) is 0 Å². The van der Waals surface area contributed by atoms with E-state index in [0.717, 1.165) is 12.4 Å². The monoisotopic (exact) mass is 380 g/mol. The molecule has 0 radical (unpaired) electrons. The number of fused-ring (bicyclic) bond motifs is 1. The van der Waals surface area contributed by atoms with E-state index in [2.05, 4.69) is 33.8 Å². The van der Waals surface area contributed by atoms with E-state index in [9.17, 15) is 4.79 Å². The summed E-state index contributed by atoms with van der Waals surface area (Å²) in [5, 5.41) is 6.06. The van der Waals surface area contributed by atoms with Crippen LogP contribution in [0.1, 0.15) is 29.5 Å². The Bertz CT molecular complexity index is 752. The lowest BCUT2D eigenvalue weighted by atomic mass is 10.1. The number of nitrogen functional groups attached to an aromatic ring is 1. The van der Waals surface area contributed by atoms with E-state index in [4.69, 9.17) is 17.3 Å². The molecule has 1 heterocycles. The number of hydrogen-bond donors (Lipinski definition) is 3. The first kappa shape index (κ1) is 19.3. The minimum absolute atomic E-state index is 0. The average Bonchev–Trinajstić information content (AvgIpc) is 3.03. The summed E-state index contributed by atoms with van der Waals surface area (Å²) in [6, 6.07) is 10.3. The fourth-order valence-corrected chi connectivity index (χ4v) is 3.13. The number of aryl methyl sites for hydroxylation is 2. The number of aromatic nitrogens is 1. The van der Waals surface area contributed by atoms with E-state index in [-0.39, 0.29) is 30.6 Å². The number of nitrogens with two attached hydrogens (primary N) is 1. The van der Waals surface area contributed by atoms with E-state index < -0.39 is 0 Å². The van der Waals surface area contributed by atoms with Crippen LogP contribution in [-0.2, 0) is 24.2 Å². The van der Waals surface area contributed by atoms with Gasteiger partial charge in [-0.15, -0.1) is 11.6 Å². The van der Waals surface area contributed by atoms with Crippen LogP contribution in [0.4, 0.5) is 17.3 Å². The highest BCUT2D eigenvalue weighted by molar-refractivity contribution is 6.19.